The number of methoxy groups -OCH3 is 1. The van der Waals surface area contributed by atoms with Gasteiger partial charge in [0.15, 0.2) is 0 Å². The van der Waals surface area contributed by atoms with Crippen molar-refractivity contribution < 1.29 is 4.74 Å². The third kappa shape index (κ3) is 3.43. The van der Waals surface area contributed by atoms with Crippen molar-refractivity contribution in [3.8, 4) is 5.75 Å². The highest BCUT2D eigenvalue weighted by atomic mass is 16.5. The Hall–Kier alpha value is -1.88. The first kappa shape index (κ1) is 16.6. The summed E-state index contributed by atoms with van der Waals surface area (Å²) in [5.41, 5.74) is 1.24. The molecular formula is C20H28N4O. The van der Waals surface area contributed by atoms with E-state index < -0.39 is 0 Å². The number of piperidine rings is 2. The van der Waals surface area contributed by atoms with Crippen molar-refractivity contribution >= 4 is 0 Å². The topological polar surface area (TPSA) is 43.2 Å². The quantitative estimate of drug-likeness (QED) is 0.856. The first-order valence-electron chi connectivity index (χ1n) is 9.53. The van der Waals surface area contributed by atoms with Crippen molar-refractivity contribution in [2.24, 2.45) is 0 Å². The smallest absolute Gasteiger partial charge is 0.147 e. The van der Waals surface area contributed by atoms with Gasteiger partial charge in [-0.3, -0.25) is 4.90 Å². The molecule has 0 amide bonds. The molecule has 2 saturated heterocycles. The molecule has 1 aromatic carbocycles. The summed E-state index contributed by atoms with van der Waals surface area (Å²) in [7, 11) is 1.70. The van der Waals surface area contributed by atoms with Crippen LogP contribution >= 0.6 is 0 Å². The van der Waals surface area contributed by atoms with Crippen LogP contribution in [0.15, 0.2) is 24.3 Å². The number of rotatable bonds is 4. The summed E-state index contributed by atoms with van der Waals surface area (Å²) in [5.74, 6) is 3.48. The number of nitrogens with zero attached hydrogens (tertiary/aromatic N) is 4. The van der Waals surface area contributed by atoms with Gasteiger partial charge in [-0.05, 0) is 63.4 Å². The lowest BCUT2D eigenvalue weighted by atomic mass is 9.83. The van der Waals surface area contributed by atoms with Crippen LogP contribution in [-0.2, 0) is 6.54 Å². The van der Waals surface area contributed by atoms with Crippen LogP contribution in [0.25, 0.3) is 0 Å². The largest absolute Gasteiger partial charge is 0.497 e. The summed E-state index contributed by atoms with van der Waals surface area (Å²) in [5, 5.41) is 4.72. The van der Waals surface area contributed by atoms with E-state index in [0.717, 1.165) is 18.1 Å². The van der Waals surface area contributed by atoms with E-state index >= 15 is 0 Å². The lowest BCUT2D eigenvalue weighted by Gasteiger charge is -2.43. The van der Waals surface area contributed by atoms with Gasteiger partial charge in [0.25, 0.3) is 0 Å². The molecule has 0 aliphatic carbocycles. The van der Waals surface area contributed by atoms with Gasteiger partial charge in [0.1, 0.15) is 17.4 Å². The molecule has 25 heavy (non-hydrogen) atoms. The van der Waals surface area contributed by atoms with Crippen LogP contribution in [0.4, 0.5) is 0 Å². The summed E-state index contributed by atoms with van der Waals surface area (Å²) in [6.45, 7) is 5.30. The van der Waals surface area contributed by atoms with Gasteiger partial charge in [0.2, 0.25) is 0 Å². The van der Waals surface area contributed by atoms with Crippen LogP contribution in [0.2, 0.25) is 0 Å². The average molecular weight is 340 g/mol. The number of aromatic nitrogens is 3. The molecule has 0 spiro atoms. The van der Waals surface area contributed by atoms with E-state index in [-0.39, 0.29) is 0 Å². The second-order valence-corrected chi connectivity index (χ2v) is 7.37. The summed E-state index contributed by atoms with van der Waals surface area (Å²) in [4.78, 5) is 7.55. The Morgan fingerprint density at radius 3 is 2.68 bits per heavy atom. The number of hydrogen-bond donors (Lipinski definition) is 0. The van der Waals surface area contributed by atoms with Crippen LogP contribution in [0.3, 0.4) is 0 Å². The molecule has 134 valence electrons. The second-order valence-electron chi connectivity index (χ2n) is 7.37. The van der Waals surface area contributed by atoms with E-state index in [0.29, 0.717) is 12.0 Å². The van der Waals surface area contributed by atoms with Gasteiger partial charge in [-0.1, -0.05) is 18.6 Å². The minimum Gasteiger partial charge on any atom is -0.497 e. The zero-order chi connectivity index (χ0) is 17.2. The van der Waals surface area contributed by atoms with E-state index in [1.165, 1.54) is 56.6 Å². The summed E-state index contributed by atoms with van der Waals surface area (Å²) in [6.07, 6.45) is 6.51. The summed E-state index contributed by atoms with van der Waals surface area (Å²) < 4.78 is 7.40. The lowest BCUT2D eigenvalue weighted by Crippen LogP contribution is -2.47. The predicted octanol–water partition coefficient (Wildman–Crippen LogP) is 3.38. The average Bonchev–Trinajstić information content (AvgIpc) is 3.02. The molecule has 2 aromatic rings. The van der Waals surface area contributed by atoms with Gasteiger partial charge in [-0.25, -0.2) is 9.67 Å². The van der Waals surface area contributed by atoms with E-state index in [4.69, 9.17) is 14.8 Å². The minimum atomic E-state index is 0.522. The number of ether oxygens (including phenoxy) is 1. The van der Waals surface area contributed by atoms with Crippen LogP contribution in [0.5, 0.6) is 5.75 Å². The molecule has 0 unspecified atom stereocenters. The van der Waals surface area contributed by atoms with Crippen molar-refractivity contribution in [2.45, 2.75) is 57.5 Å². The molecule has 0 bridgehead atoms. The molecule has 0 radical (unpaired) electrons. The molecule has 2 aliphatic heterocycles. The Morgan fingerprint density at radius 1 is 1.08 bits per heavy atom. The fourth-order valence-corrected chi connectivity index (χ4v) is 4.52. The third-order valence-electron chi connectivity index (χ3n) is 5.72. The normalized spacial score (nSPS) is 24.1. The number of benzene rings is 1. The number of hydrogen-bond acceptors (Lipinski definition) is 4. The maximum Gasteiger partial charge on any atom is 0.147 e. The fraction of sp³-hybridized carbons (Fsp3) is 0.600. The van der Waals surface area contributed by atoms with Gasteiger partial charge in [0, 0.05) is 12.0 Å². The van der Waals surface area contributed by atoms with E-state index in [9.17, 15) is 0 Å². The Balaban J connectivity index is 1.59. The molecule has 1 aromatic heterocycles. The van der Waals surface area contributed by atoms with E-state index in [2.05, 4.69) is 21.7 Å². The Morgan fingerprint density at radius 2 is 1.88 bits per heavy atom. The van der Waals surface area contributed by atoms with Gasteiger partial charge in [-0.2, -0.15) is 5.10 Å². The Labute approximate surface area is 150 Å². The molecule has 0 N–H and O–H groups in total. The summed E-state index contributed by atoms with van der Waals surface area (Å²) >= 11 is 0. The highest BCUT2D eigenvalue weighted by Gasteiger charge is 2.36. The monoisotopic (exact) mass is 340 g/mol. The molecule has 2 aliphatic rings. The molecule has 4 rings (SSSR count). The number of fused-ring (bicyclic) bond motifs is 1. The molecule has 3 heterocycles. The van der Waals surface area contributed by atoms with Crippen LogP contribution in [0, 0.1) is 6.92 Å². The standard InChI is InChI=1S/C20H28N4O/c1-15-21-20(18-6-5-13-23-12-4-3-7-19(18)23)24(22-15)14-16-8-10-17(25-2)11-9-16/h8-11,18-19H,3-7,12-14H2,1-2H3/t18-,19-/m1/s1. The molecule has 0 saturated carbocycles. The fourth-order valence-electron chi connectivity index (χ4n) is 4.52. The first-order valence-corrected chi connectivity index (χ1v) is 9.53. The predicted molar refractivity (Wildman–Crippen MR) is 98.0 cm³/mol. The van der Waals surface area contributed by atoms with Crippen LogP contribution < -0.4 is 4.74 Å². The Kier molecular flexibility index (Phi) is 4.75. The Bertz CT molecular complexity index is 707. The lowest BCUT2D eigenvalue weighted by molar-refractivity contribution is 0.0850. The van der Waals surface area contributed by atoms with Crippen molar-refractivity contribution in [3.63, 3.8) is 0 Å². The first-order chi connectivity index (χ1) is 12.2. The van der Waals surface area contributed by atoms with Gasteiger partial charge >= 0.3 is 0 Å². The molecule has 5 heteroatoms. The minimum absolute atomic E-state index is 0.522. The van der Waals surface area contributed by atoms with Crippen molar-refractivity contribution in [1.82, 2.24) is 19.7 Å². The van der Waals surface area contributed by atoms with E-state index in [1.807, 2.05) is 19.1 Å². The zero-order valence-corrected chi connectivity index (χ0v) is 15.3. The third-order valence-corrected chi connectivity index (χ3v) is 5.72. The highest BCUT2D eigenvalue weighted by molar-refractivity contribution is 5.27. The van der Waals surface area contributed by atoms with Crippen LogP contribution in [-0.4, -0.2) is 45.9 Å². The van der Waals surface area contributed by atoms with Crippen LogP contribution in [0.1, 0.15) is 55.2 Å². The van der Waals surface area contributed by atoms with Gasteiger partial charge in [0.05, 0.1) is 13.7 Å². The molecule has 2 fully saturated rings. The number of aryl methyl sites for hydroxylation is 1. The maximum atomic E-state index is 5.26. The van der Waals surface area contributed by atoms with Gasteiger partial charge in [-0.15, -0.1) is 0 Å². The van der Waals surface area contributed by atoms with Crippen molar-refractivity contribution in [2.75, 3.05) is 20.2 Å². The van der Waals surface area contributed by atoms with Gasteiger partial charge < -0.3 is 4.74 Å². The highest BCUT2D eigenvalue weighted by Crippen LogP contribution is 2.37. The van der Waals surface area contributed by atoms with E-state index in [1.54, 1.807) is 7.11 Å². The molecule has 5 nitrogen and oxygen atoms in total. The summed E-state index contributed by atoms with van der Waals surface area (Å²) in [6, 6.07) is 8.92. The molecule has 2 atom stereocenters. The SMILES string of the molecule is COc1ccc(Cn2nc(C)nc2[C@@H]2CCCN3CCCC[C@H]23)cc1. The zero-order valence-electron chi connectivity index (χ0n) is 15.3. The van der Waals surface area contributed by atoms with Crippen molar-refractivity contribution in [1.29, 1.82) is 0 Å². The van der Waals surface area contributed by atoms with Crippen molar-refractivity contribution in [3.05, 3.63) is 41.5 Å². The maximum absolute atomic E-state index is 5.26. The second kappa shape index (κ2) is 7.16. The molecular weight excluding hydrogens is 312 g/mol.